The van der Waals surface area contributed by atoms with Crippen LogP contribution in [0.25, 0.3) is 0 Å². The van der Waals surface area contributed by atoms with Crippen LogP contribution < -0.4 is 5.73 Å². The molecule has 1 rings (SSSR count). The van der Waals surface area contributed by atoms with Gasteiger partial charge >= 0.3 is 0 Å². The summed E-state index contributed by atoms with van der Waals surface area (Å²) in [5, 5.41) is 4.50. The summed E-state index contributed by atoms with van der Waals surface area (Å²) in [6, 6.07) is 0. The van der Waals surface area contributed by atoms with Crippen LogP contribution in [0.5, 0.6) is 0 Å². The Labute approximate surface area is 101 Å². The van der Waals surface area contributed by atoms with Gasteiger partial charge < -0.3 is 10.3 Å². The van der Waals surface area contributed by atoms with E-state index in [2.05, 4.69) is 30.9 Å². The zero-order chi connectivity index (χ0) is 12.0. The van der Waals surface area contributed by atoms with E-state index in [4.69, 9.17) is 10.3 Å². The second-order valence-corrected chi connectivity index (χ2v) is 5.83. The minimum Gasteiger partial charge on any atom is -0.338 e. The molecule has 0 aliphatic heterocycles. The molecule has 0 radical (unpaired) electrons. The van der Waals surface area contributed by atoms with Gasteiger partial charge in [-0.3, -0.25) is 0 Å². The topological polar surface area (TPSA) is 64.9 Å². The van der Waals surface area contributed by atoms with Crippen molar-refractivity contribution in [3.8, 4) is 0 Å². The van der Waals surface area contributed by atoms with Crippen LogP contribution in [0.1, 0.15) is 38.9 Å². The summed E-state index contributed by atoms with van der Waals surface area (Å²) >= 11 is 1.81. The molecule has 0 spiro atoms. The van der Waals surface area contributed by atoms with Crippen LogP contribution in [-0.4, -0.2) is 21.9 Å². The van der Waals surface area contributed by atoms with Crippen LogP contribution in [0.4, 0.5) is 0 Å². The average molecular weight is 243 g/mol. The predicted molar refractivity (Wildman–Crippen MR) is 67.3 cm³/mol. The fourth-order valence-electron chi connectivity index (χ4n) is 1.33. The molecular formula is C11H21N3OS. The van der Waals surface area contributed by atoms with E-state index in [9.17, 15) is 0 Å². The number of hydrogen-bond donors (Lipinski definition) is 1. The summed E-state index contributed by atoms with van der Waals surface area (Å²) in [5.74, 6) is 2.89. The lowest BCUT2D eigenvalue weighted by Crippen LogP contribution is -2.07. The van der Waals surface area contributed by atoms with Gasteiger partial charge in [-0.15, -0.1) is 11.8 Å². The van der Waals surface area contributed by atoms with E-state index < -0.39 is 0 Å². The van der Waals surface area contributed by atoms with Crippen molar-refractivity contribution in [1.82, 2.24) is 10.1 Å². The van der Waals surface area contributed by atoms with Crippen molar-refractivity contribution in [2.45, 2.75) is 44.6 Å². The highest BCUT2D eigenvalue weighted by atomic mass is 32.2. The van der Waals surface area contributed by atoms with Crippen molar-refractivity contribution < 1.29 is 4.52 Å². The SMILES string of the molecule is CC(C)Cc1noc(CSC(C)CCN)n1. The molecule has 0 amide bonds. The number of nitrogens with two attached hydrogens (primary N) is 1. The van der Waals surface area contributed by atoms with Crippen LogP contribution in [0.15, 0.2) is 4.52 Å². The second kappa shape index (κ2) is 6.91. The Bertz CT molecular complexity index is 301. The van der Waals surface area contributed by atoms with E-state index in [1.165, 1.54) is 0 Å². The number of nitrogens with zero attached hydrogens (tertiary/aromatic N) is 2. The third-order valence-corrected chi connectivity index (χ3v) is 3.38. The molecule has 1 aromatic rings. The zero-order valence-corrected chi connectivity index (χ0v) is 11.1. The zero-order valence-electron chi connectivity index (χ0n) is 10.3. The van der Waals surface area contributed by atoms with Crippen molar-refractivity contribution in [1.29, 1.82) is 0 Å². The molecule has 0 bridgehead atoms. The van der Waals surface area contributed by atoms with Gasteiger partial charge in [-0.25, -0.2) is 0 Å². The third-order valence-electron chi connectivity index (χ3n) is 2.17. The summed E-state index contributed by atoms with van der Waals surface area (Å²) < 4.78 is 5.18. The molecule has 0 saturated heterocycles. The first kappa shape index (κ1) is 13.5. The normalized spacial score (nSPS) is 13.3. The lowest BCUT2D eigenvalue weighted by molar-refractivity contribution is 0.382. The number of hydrogen-bond acceptors (Lipinski definition) is 5. The first-order valence-corrected chi connectivity index (χ1v) is 6.79. The molecule has 0 fully saturated rings. The maximum absolute atomic E-state index is 5.49. The van der Waals surface area contributed by atoms with Crippen LogP contribution in [-0.2, 0) is 12.2 Å². The van der Waals surface area contributed by atoms with Gasteiger partial charge in [0.1, 0.15) is 0 Å². The highest BCUT2D eigenvalue weighted by molar-refractivity contribution is 7.99. The summed E-state index contributed by atoms with van der Waals surface area (Å²) in [4.78, 5) is 4.35. The first-order chi connectivity index (χ1) is 7.61. The molecule has 16 heavy (non-hydrogen) atoms. The second-order valence-electron chi connectivity index (χ2n) is 4.40. The summed E-state index contributed by atoms with van der Waals surface area (Å²) in [7, 11) is 0. The molecule has 4 nitrogen and oxygen atoms in total. The maximum atomic E-state index is 5.49. The third kappa shape index (κ3) is 4.99. The Morgan fingerprint density at radius 2 is 2.12 bits per heavy atom. The molecule has 5 heteroatoms. The molecule has 1 unspecified atom stereocenters. The Balaban J connectivity index is 2.34. The molecular weight excluding hydrogens is 222 g/mol. The quantitative estimate of drug-likeness (QED) is 0.795. The summed E-state index contributed by atoms with van der Waals surface area (Å²) in [6.07, 6.45) is 1.91. The van der Waals surface area contributed by atoms with Crippen molar-refractivity contribution in [3.05, 3.63) is 11.7 Å². The average Bonchev–Trinajstić information content (AvgIpc) is 2.62. The Morgan fingerprint density at radius 3 is 2.75 bits per heavy atom. The minimum absolute atomic E-state index is 0.547. The van der Waals surface area contributed by atoms with E-state index in [0.29, 0.717) is 11.2 Å². The van der Waals surface area contributed by atoms with Gasteiger partial charge in [-0.1, -0.05) is 25.9 Å². The molecule has 2 N–H and O–H groups in total. The number of aromatic nitrogens is 2. The van der Waals surface area contributed by atoms with E-state index >= 15 is 0 Å². The number of rotatable bonds is 7. The monoisotopic (exact) mass is 243 g/mol. The lowest BCUT2D eigenvalue weighted by atomic mass is 10.1. The Morgan fingerprint density at radius 1 is 1.38 bits per heavy atom. The lowest BCUT2D eigenvalue weighted by Gasteiger charge is -2.06. The van der Waals surface area contributed by atoms with Crippen molar-refractivity contribution in [2.75, 3.05) is 6.54 Å². The van der Waals surface area contributed by atoms with Gasteiger partial charge in [0, 0.05) is 11.7 Å². The van der Waals surface area contributed by atoms with E-state index in [0.717, 1.165) is 36.9 Å². The largest absolute Gasteiger partial charge is 0.338 e. The van der Waals surface area contributed by atoms with Gasteiger partial charge in [0.15, 0.2) is 5.82 Å². The van der Waals surface area contributed by atoms with Crippen LogP contribution in [0, 0.1) is 5.92 Å². The van der Waals surface area contributed by atoms with Crippen molar-refractivity contribution in [2.24, 2.45) is 11.7 Å². The van der Waals surface area contributed by atoms with E-state index in [1.807, 2.05) is 11.8 Å². The van der Waals surface area contributed by atoms with Gasteiger partial charge in [0.2, 0.25) is 5.89 Å². The van der Waals surface area contributed by atoms with Crippen molar-refractivity contribution >= 4 is 11.8 Å². The molecule has 0 aliphatic carbocycles. The maximum Gasteiger partial charge on any atom is 0.236 e. The molecule has 0 saturated carbocycles. The fraction of sp³-hybridized carbons (Fsp3) is 0.818. The van der Waals surface area contributed by atoms with Gasteiger partial charge in [0.05, 0.1) is 5.75 Å². The molecule has 0 aromatic carbocycles. The van der Waals surface area contributed by atoms with Gasteiger partial charge in [0.25, 0.3) is 0 Å². The first-order valence-electron chi connectivity index (χ1n) is 5.75. The minimum atomic E-state index is 0.547. The highest BCUT2D eigenvalue weighted by Gasteiger charge is 2.09. The predicted octanol–water partition coefficient (Wildman–Crippen LogP) is 2.24. The molecule has 92 valence electrons. The highest BCUT2D eigenvalue weighted by Crippen LogP contribution is 2.18. The van der Waals surface area contributed by atoms with E-state index in [1.54, 1.807) is 0 Å². The summed E-state index contributed by atoms with van der Waals surface area (Å²) in [5.41, 5.74) is 5.49. The van der Waals surface area contributed by atoms with E-state index in [-0.39, 0.29) is 0 Å². The number of thioether (sulfide) groups is 1. The molecule has 0 aliphatic rings. The molecule has 1 atom stereocenters. The molecule has 1 aromatic heterocycles. The summed E-state index contributed by atoms with van der Waals surface area (Å²) in [6.45, 7) is 7.20. The van der Waals surface area contributed by atoms with Crippen molar-refractivity contribution in [3.63, 3.8) is 0 Å². The Kier molecular flexibility index (Phi) is 5.84. The standard InChI is InChI=1S/C11H21N3OS/c1-8(2)6-10-13-11(15-14-10)7-16-9(3)4-5-12/h8-9H,4-7,12H2,1-3H3. The van der Waals surface area contributed by atoms with Gasteiger partial charge in [-0.05, 0) is 18.9 Å². The smallest absolute Gasteiger partial charge is 0.236 e. The van der Waals surface area contributed by atoms with Gasteiger partial charge in [-0.2, -0.15) is 4.98 Å². The Hall–Kier alpha value is -0.550. The van der Waals surface area contributed by atoms with Crippen LogP contribution in [0.3, 0.4) is 0 Å². The fourth-order valence-corrected chi connectivity index (χ4v) is 2.18. The van der Waals surface area contributed by atoms with Crippen LogP contribution in [0.2, 0.25) is 0 Å². The van der Waals surface area contributed by atoms with Crippen LogP contribution >= 0.6 is 11.8 Å². The molecule has 1 heterocycles.